The Hall–Kier alpha value is -1.45. The maximum absolute atomic E-state index is 12.5. The van der Waals surface area contributed by atoms with Crippen LogP contribution in [0.25, 0.3) is 0 Å². The van der Waals surface area contributed by atoms with Crippen molar-refractivity contribution in [1.29, 1.82) is 0 Å². The Bertz CT molecular complexity index is 297. The summed E-state index contributed by atoms with van der Waals surface area (Å²) >= 11 is 0. The summed E-state index contributed by atoms with van der Waals surface area (Å²) in [7, 11) is 0. The highest BCUT2D eigenvalue weighted by atomic mass is 19.1. The van der Waals surface area contributed by atoms with Gasteiger partial charge in [-0.15, -0.1) is 0 Å². The molecule has 0 aromatic heterocycles. The monoisotopic (exact) mass is 183 g/mol. The van der Waals surface area contributed by atoms with Gasteiger partial charge in [-0.2, -0.15) is 0 Å². The maximum atomic E-state index is 12.5. The first-order valence-corrected chi connectivity index (χ1v) is 3.97. The summed E-state index contributed by atoms with van der Waals surface area (Å²) in [5, 5.41) is 10.2. The first-order valence-electron chi connectivity index (χ1n) is 3.97. The lowest BCUT2D eigenvalue weighted by atomic mass is 10.0. The van der Waals surface area contributed by atoms with Crippen molar-refractivity contribution in [3.05, 3.63) is 45.8 Å². The zero-order valence-electron chi connectivity index (χ0n) is 7.24. The average Bonchev–Trinajstić information content (AvgIpc) is 2.04. The SMILES string of the molecule is C[C@H](C[N+](=O)[O-])c1ccc(F)cc1. The van der Waals surface area contributed by atoms with E-state index in [9.17, 15) is 14.5 Å². The number of nitrogens with zero attached hydrogens (tertiary/aromatic N) is 1. The highest BCUT2D eigenvalue weighted by Gasteiger charge is 2.11. The topological polar surface area (TPSA) is 43.1 Å². The first-order chi connectivity index (χ1) is 6.09. The van der Waals surface area contributed by atoms with Gasteiger partial charge in [0.2, 0.25) is 6.54 Å². The lowest BCUT2D eigenvalue weighted by molar-refractivity contribution is -0.482. The molecule has 1 aromatic carbocycles. The lowest BCUT2D eigenvalue weighted by Gasteiger charge is -2.05. The molecule has 0 aliphatic rings. The van der Waals surface area contributed by atoms with E-state index in [-0.39, 0.29) is 23.2 Å². The van der Waals surface area contributed by atoms with Crippen LogP contribution in [0.15, 0.2) is 24.3 Å². The molecule has 1 aromatic rings. The van der Waals surface area contributed by atoms with Gasteiger partial charge in [-0.3, -0.25) is 10.1 Å². The minimum absolute atomic E-state index is 0.119. The summed E-state index contributed by atoms with van der Waals surface area (Å²) in [5.41, 5.74) is 0.790. The zero-order valence-corrected chi connectivity index (χ0v) is 7.24. The Morgan fingerprint density at radius 3 is 2.46 bits per heavy atom. The van der Waals surface area contributed by atoms with E-state index in [1.54, 1.807) is 19.1 Å². The predicted molar refractivity (Wildman–Crippen MR) is 46.7 cm³/mol. The Kier molecular flexibility index (Phi) is 2.95. The molecule has 1 rings (SSSR count). The second kappa shape index (κ2) is 3.98. The molecule has 0 N–H and O–H groups in total. The van der Waals surface area contributed by atoms with Crippen LogP contribution in [0, 0.1) is 15.9 Å². The van der Waals surface area contributed by atoms with Crippen molar-refractivity contribution in [2.75, 3.05) is 6.54 Å². The summed E-state index contributed by atoms with van der Waals surface area (Å²) in [6.07, 6.45) is 0. The smallest absolute Gasteiger partial charge is 0.210 e. The van der Waals surface area contributed by atoms with E-state index in [0.717, 1.165) is 5.56 Å². The van der Waals surface area contributed by atoms with Crippen molar-refractivity contribution in [3.8, 4) is 0 Å². The highest BCUT2D eigenvalue weighted by molar-refractivity contribution is 5.19. The Morgan fingerprint density at radius 1 is 1.46 bits per heavy atom. The van der Waals surface area contributed by atoms with Gasteiger partial charge in [0, 0.05) is 10.8 Å². The van der Waals surface area contributed by atoms with Crippen LogP contribution in [0.1, 0.15) is 18.4 Å². The molecule has 0 unspecified atom stereocenters. The number of halogens is 1. The maximum Gasteiger partial charge on any atom is 0.210 e. The summed E-state index contributed by atoms with van der Waals surface area (Å²) in [6.45, 7) is 1.63. The standard InChI is InChI=1S/C9H10FNO2/c1-7(6-11(12)13)8-2-4-9(10)5-3-8/h2-5,7H,6H2,1H3/t7-/m1/s1. The number of nitro groups is 1. The number of hydrogen-bond donors (Lipinski definition) is 0. The Balaban J connectivity index is 2.71. The minimum Gasteiger partial charge on any atom is -0.265 e. The molecule has 0 saturated carbocycles. The molecule has 0 fully saturated rings. The molecule has 0 spiro atoms. The van der Waals surface area contributed by atoms with Crippen LogP contribution in [-0.4, -0.2) is 11.5 Å². The fraction of sp³-hybridized carbons (Fsp3) is 0.333. The van der Waals surface area contributed by atoms with Crippen molar-refractivity contribution < 1.29 is 9.31 Å². The summed E-state index contributed by atoms with van der Waals surface area (Å²) in [6, 6.07) is 5.77. The van der Waals surface area contributed by atoms with E-state index in [2.05, 4.69) is 0 Å². The first kappa shape index (κ1) is 9.64. The van der Waals surface area contributed by atoms with Crippen LogP contribution in [0.3, 0.4) is 0 Å². The van der Waals surface area contributed by atoms with Crippen LogP contribution < -0.4 is 0 Å². The number of hydrogen-bond acceptors (Lipinski definition) is 2. The van der Waals surface area contributed by atoms with Gasteiger partial charge in [0.25, 0.3) is 0 Å². The molecule has 0 aliphatic carbocycles. The molecule has 0 heterocycles. The van der Waals surface area contributed by atoms with Crippen LogP contribution >= 0.6 is 0 Å². The summed E-state index contributed by atoms with van der Waals surface area (Å²) in [5.74, 6) is -0.493. The van der Waals surface area contributed by atoms with E-state index in [0.29, 0.717) is 0 Å². The van der Waals surface area contributed by atoms with Crippen molar-refractivity contribution >= 4 is 0 Å². The fourth-order valence-electron chi connectivity index (χ4n) is 1.12. The van der Waals surface area contributed by atoms with Gasteiger partial charge in [-0.1, -0.05) is 19.1 Å². The Labute approximate surface area is 75.3 Å². The number of rotatable bonds is 3. The predicted octanol–water partition coefficient (Wildman–Crippen LogP) is 2.21. The van der Waals surface area contributed by atoms with Gasteiger partial charge >= 0.3 is 0 Å². The normalized spacial score (nSPS) is 12.5. The second-order valence-corrected chi connectivity index (χ2v) is 2.97. The third-order valence-corrected chi connectivity index (χ3v) is 1.86. The molecule has 0 radical (unpaired) electrons. The van der Waals surface area contributed by atoms with Crippen molar-refractivity contribution in [2.24, 2.45) is 0 Å². The van der Waals surface area contributed by atoms with Crippen LogP contribution in [-0.2, 0) is 0 Å². The molecule has 0 amide bonds. The molecule has 3 nitrogen and oxygen atoms in total. The third kappa shape index (κ3) is 2.82. The molecule has 0 bridgehead atoms. The quantitative estimate of drug-likeness (QED) is 0.532. The van der Waals surface area contributed by atoms with E-state index < -0.39 is 0 Å². The molecule has 1 atom stereocenters. The second-order valence-electron chi connectivity index (χ2n) is 2.97. The van der Waals surface area contributed by atoms with Crippen molar-refractivity contribution in [2.45, 2.75) is 12.8 Å². The van der Waals surface area contributed by atoms with E-state index in [1.807, 2.05) is 0 Å². The molecular weight excluding hydrogens is 173 g/mol. The highest BCUT2D eigenvalue weighted by Crippen LogP contribution is 2.15. The molecular formula is C9H10FNO2. The van der Waals surface area contributed by atoms with Gasteiger partial charge in [0.15, 0.2) is 0 Å². The van der Waals surface area contributed by atoms with Crippen LogP contribution in [0.4, 0.5) is 4.39 Å². The van der Waals surface area contributed by atoms with Crippen molar-refractivity contribution in [3.63, 3.8) is 0 Å². The third-order valence-electron chi connectivity index (χ3n) is 1.86. The minimum atomic E-state index is -0.367. The molecule has 4 heteroatoms. The molecule has 70 valence electrons. The fourth-order valence-corrected chi connectivity index (χ4v) is 1.12. The average molecular weight is 183 g/mol. The number of benzene rings is 1. The molecule has 0 aliphatic heterocycles. The van der Waals surface area contributed by atoms with Crippen LogP contribution in [0.2, 0.25) is 0 Å². The molecule has 13 heavy (non-hydrogen) atoms. The molecule has 0 saturated heterocycles. The van der Waals surface area contributed by atoms with Gasteiger partial charge < -0.3 is 0 Å². The van der Waals surface area contributed by atoms with Gasteiger partial charge in [-0.25, -0.2) is 4.39 Å². The van der Waals surface area contributed by atoms with Crippen LogP contribution in [0.5, 0.6) is 0 Å². The van der Waals surface area contributed by atoms with Gasteiger partial charge in [0.05, 0.1) is 0 Å². The zero-order chi connectivity index (χ0) is 9.84. The van der Waals surface area contributed by atoms with E-state index in [1.165, 1.54) is 12.1 Å². The van der Waals surface area contributed by atoms with Gasteiger partial charge in [0.1, 0.15) is 5.82 Å². The Morgan fingerprint density at radius 2 is 2.00 bits per heavy atom. The summed E-state index contributed by atoms with van der Waals surface area (Å²) in [4.78, 5) is 9.81. The summed E-state index contributed by atoms with van der Waals surface area (Å²) < 4.78 is 12.5. The van der Waals surface area contributed by atoms with Crippen molar-refractivity contribution in [1.82, 2.24) is 0 Å². The lowest BCUT2D eigenvalue weighted by Crippen LogP contribution is -2.09. The van der Waals surface area contributed by atoms with E-state index in [4.69, 9.17) is 0 Å². The van der Waals surface area contributed by atoms with Gasteiger partial charge in [-0.05, 0) is 17.7 Å². The van der Waals surface area contributed by atoms with E-state index >= 15 is 0 Å². The largest absolute Gasteiger partial charge is 0.265 e.